The van der Waals surface area contributed by atoms with Crippen molar-refractivity contribution >= 4 is 10.1 Å². The molecule has 4 heteroatoms. The maximum atomic E-state index is 11.1. The van der Waals surface area contributed by atoms with Gasteiger partial charge in [-0.15, -0.1) is 13.2 Å². The van der Waals surface area contributed by atoms with Crippen molar-refractivity contribution in [1.29, 1.82) is 0 Å². The normalized spacial score (nSPS) is 11.1. The van der Waals surface area contributed by atoms with Gasteiger partial charge in [0.25, 0.3) is 10.1 Å². The third-order valence-electron chi connectivity index (χ3n) is 2.15. The minimum Gasteiger partial charge on any atom is -0.282 e. The highest BCUT2D eigenvalue weighted by Gasteiger charge is 2.14. The van der Waals surface area contributed by atoms with Gasteiger partial charge in [0.15, 0.2) is 0 Å². The van der Waals surface area contributed by atoms with Gasteiger partial charge in [0, 0.05) is 0 Å². The molecule has 3 nitrogen and oxygen atoms in total. The largest absolute Gasteiger partial charge is 0.294 e. The Morgan fingerprint density at radius 2 is 1.81 bits per heavy atom. The molecule has 0 aliphatic heterocycles. The van der Waals surface area contributed by atoms with E-state index in [-0.39, 0.29) is 4.90 Å². The number of benzene rings is 1. The van der Waals surface area contributed by atoms with Gasteiger partial charge in [-0.05, 0) is 30.0 Å². The fourth-order valence-corrected chi connectivity index (χ4v) is 2.21. The Balaban J connectivity index is 3.29. The summed E-state index contributed by atoms with van der Waals surface area (Å²) < 4.78 is 31.2. The quantitative estimate of drug-likeness (QED) is 0.633. The van der Waals surface area contributed by atoms with Gasteiger partial charge in [-0.3, -0.25) is 4.55 Å². The molecule has 0 heterocycles. The molecule has 0 amide bonds. The number of hydrogen-bond donors (Lipinski definition) is 1. The van der Waals surface area contributed by atoms with Gasteiger partial charge >= 0.3 is 0 Å². The third-order valence-corrected chi connectivity index (χ3v) is 3.10. The first-order valence-corrected chi connectivity index (χ1v) is 6.24. The smallest absolute Gasteiger partial charge is 0.282 e. The van der Waals surface area contributed by atoms with Crippen LogP contribution in [0.1, 0.15) is 11.1 Å². The van der Waals surface area contributed by atoms with Gasteiger partial charge in [-0.1, -0.05) is 24.3 Å². The van der Waals surface area contributed by atoms with Crippen LogP contribution in [0.15, 0.2) is 48.4 Å². The Bertz CT molecular complexity index is 501. The maximum Gasteiger partial charge on any atom is 0.294 e. The van der Waals surface area contributed by atoms with Crippen LogP contribution in [0.3, 0.4) is 0 Å². The molecule has 0 atom stereocenters. The van der Waals surface area contributed by atoms with Crippen molar-refractivity contribution in [3.8, 4) is 0 Å². The average Bonchev–Trinajstić information content (AvgIpc) is 2.17. The van der Waals surface area contributed by atoms with Gasteiger partial charge < -0.3 is 0 Å². The Hall–Kier alpha value is -1.39. The Labute approximate surface area is 95.9 Å². The molecule has 0 aliphatic rings. The van der Waals surface area contributed by atoms with Crippen LogP contribution in [0.5, 0.6) is 0 Å². The molecule has 0 fully saturated rings. The monoisotopic (exact) mass is 238 g/mol. The lowest BCUT2D eigenvalue weighted by molar-refractivity contribution is 0.482. The summed E-state index contributed by atoms with van der Waals surface area (Å²) in [6.45, 7) is 7.17. The summed E-state index contributed by atoms with van der Waals surface area (Å²) in [5.74, 6) is 0. The van der Waals surface area contributed by atoms with E-state index in [4.69, 9.17) is 4.55 Å². The number of hydrogen-bond acceptors (Lipinski definition) is 2. The molecule has 16 heavy (non-hydrogen) atoms. The Kier molecular flexibility index (Phi) is 4.04. The molecule has 0 spiro atoms. The topological polar surface area (TPSA) is 54.4 Å². The summed E-state index contributed by atoms with van der Waals surface area (Å²) in [5.41, 5.74) is 1.51. The van der Waals surface area contributed by atoms with Gasteiger partial charge in [-0.25, -0.2) is 0 Å². The summed E-state index contributed by atoms with van der Waals surface area (Å²) in [5, 5.41) is 0. The lowest BCUT2D eigenvalue weighted by Gasteiger charge is -2.07. The maximum absolute atomic E-state index is 11.1. The molecule has 86 valence electrons. The van der Waals surface area contributed by atoms with Gasteiger partial charge in [-0.2, -0.15) is 8.42 Å². The summed E-state index contributed by atoms with van der Waals surface area (Å²) in [6, 6.07) is 4.82. The van der Waals surface area contributed by atoms with Crippen LogP contribution < -0.4 is 0 Å². The van der Waals surface area contributed by atoms with Crippen molar-refractivity contribution in [3.05, 3.63) is 54.6 Å². The van der Waals surface area contributed by atoms with Gasteiger partial charge in [0.2, 0.25) is 0 Å². The van der Waals surface area contributed by atoms with E-state index in [0.717, 1.165) is 5.56 Å². The Morgan fingerprint density at radius 3 is 2.31 bits per heavy atom. The summed E-state index contributed by atoms with van der Waals surface area (Å²) >= 11 is 0. The lowest BCUT2D eigenvalue weighted by atomic mass is 10.1. The van der Waals surface area contributed by atoms with E-state index >= 15 is 0 Å². The third kappa shape index (κ3) is 3.05. The van der Waals surface area contributed by atoms with Crippen LogP contribution in [0.2, 0.25) is 0 Å². The first kappa shape index (κ1) is 12.7. The summed E-state index contributed by atoms with van der Waals surface area (Å²) in [6.07, 6.45) is 4.40. The molecular weight excluding hydrogens is 224 g/mol. The van der Waals surface area contributed by atoms with Gasteiger partial charge in [0.05, 0.1) is 4.90 Å². The van der Waals surface area contributed by atoms with Crippen LogP contribution in [0, 0.1) is 0 Å². The lowest BCUT2D eigenvalue weighted by Crippen LogP contribution is -2.03. The highest BCUT2D eigenvalue weighted by molar-refractivity contribution is 7.85. The zero-order valence-electron chi connectivity index (χ0n) is 8.89. The van der Waals surface area contributed by atoms with E-state index in [0.29, 0.717) is 18.4 Å². The molecule has 1 rings (SSSR count). The van der Waals surface area contributed by atoms with E-state index < -0.39 is 10.1 Å². The second-order valence-corrected chi connectivity index (χ2v) is 4.79. The summed E-state index contributed by atoms with van der Waals surface area (Å²) in [7, 11) is -4.16. The fraction of sp³-hybridized carbons (Fsp3) is 0.167. The van der Waals surface area contributed by atoms with E-state index in [1.165, 1.54) is 6.07 Å². The highest BCUT2D eigenvalue weighted by Crippen LogP contribution is 2.18. The molecule has 0 saturated carbocycles. The zero-order chi connectivity index (χ0) is 12.2. The predicted octanol–water partition coefficient (Wildman–Crippen LogP) is 2.39. The SMILES string of the molecule is C=CCc1ccc(S(=O)(=O)O)c(CC=C)c1. The van der Waals surface area contributed by atoms with Crippen molar-refractivity contribution in [2.24, 2.45) is 0 Å². The molecule has 0 aromatic heterocycles. The van der Waals surface area contributed by atoms with Gasteiger partial charge in [0.1, 0.15) is 0 Å². The van der Waals surface area contributed by atoms with E-state index in [9.17, 15) is 8.42 Å². The van der Waals surface area contributed by atoms with Crippen LogP contribution in [-0.2, 0) is 23.0 Å². The van der Waals surface area contributed by atoms with Crippen LogP contribution in [-0.4, -0.2) is 13.0 Å². The average molecular weight is 238 g/mol. The van der Waals surface area contributed by atoms with Crippen LogP contribution in [0.25, 0.3) is 0 Å². The molecule has 1 N–H and O–H groups in total. The standard InChI is InChI=1S/C12H14O3S/c1-3-5-10-7-8-12(16(13,14)15)11(9-10)6-4-2/h3-4,7-9H,1-2,5-6H2,(H,13,14,15). The van der Waals surface area contributed by atoms with Crippen molar-refractivity contribution in [2.45, 2.75) is 17.7 Å². The fourth-order valence-electron chi connectivity index (χ4n) is 1.49. The highest BCUT2D eigenvalue weighted by atomic mass is 32.2. The number of rotatable bonds is 5. The predicted molar refractivity (Wildman–Crippen MR) is 64.1 cm³/mol. The van der Waals surface area contributed by atoms with Crippen molar-refractivity contribution < 1.29 is 13.0 Å². The molecular formula is C12H14O3S. The molecule has 1 aromatic rings. The van der Waals surface area contributed by atoms with Crippen molar-refractivity contribution in [2.75, 3.05) is 0 Å². The van der Waals surface area contributed by atoms with E-state index in [1.807, 2.05) is 0 Å². The first-order valence-electron chi connectivity index (χ1n) is 4.80. The first-order chi connectivity index (χ1) is 7.49. The minimum absolute atomic E-state index is 0.0554. The second kappa shape index (κ2) is 5.09. The molecule has 0 unspecified atom stereocenters. The Morgan fingerprint density at radius 1 is 1.19 bits per heavy atom. The van der Waals surface area contributed by atoms with E-state index in [2.05, 4.69) is 13.2 Å². The summed E-state index contributed by atoms with van der Waals surface area (Å²) in [4.78, 5) is -0.0554. The molecule has 0 radical (unpaired) electrons. The molecule has 0 saturated heterocycles. The van der Waals surface area contributed by atoms with E-state index in [1.54, 1.807) is 24.3 Å². The second-order valence-electron chi connectivity index (χ2n) is 3.40. The zero-order valence-corrected chi connectivity index (χ0v) is 9.70. The molecule has 0 aliphatic carbocycles. The van der Waals surface area contributed by atoms with Crippen molar-refractivity contribution in [1.82, 2.24) is 0 Å². The molecule has 1 aromatic carbocycles. The molecule has 0 bridgehead atoms. The van der Waals surface area contributed by atoms with Crippen LogP contribution >= 0.6 is 0 Å². The van der Waals surface area contributed by atoms with Crippen LogP contribution in [0.4, 0.5) is 0 Å². The number of allylic oxidation sites excluding steroid dienone is 2. The van der Waals surface area contributed by atoms with Crippen molar-refractivity contribution in [3.63, 3.8) is 0 Å². The minimum atomic E-state index is -4.16.